The minimum absolute atomic E-state index is 0.486. The quantitative estimate of drug-likeness (QED) is 0.745. The van der Waals surface area contributed by atoms with Gasteiger partial charge in [-0.25, -0.2) is 4.98 Å². The van der Waals surface area contributed by atoms with Crippen molar-refractivity contribution in [2.45, 2.75) is 25.8 Å². The van der Waals surface area contributed by atoms with E-state index in [-0.39, 0.29) is 0 Å². The highest BCUT2D eigenvalue weighted by Crippen LogP contribution is 2.05. The fourth-order valence-electron chi connectivity index (χ4n) is 1.41. The van der Waals surface area contributed by atoms with E-state index < -0.39 is 0 Å². The van der Waals surface area contributed by atoms with Gasteiger partial charge in [0.15, 0.2) is 0 Å². The maximum absolute atomic E-state index is 5.71. The van der Waals surface area contributed by atoms with Crippen molar-refractivity contribution in [1.82, 2.24) is 10.3 Å². The summed E-state index contributed by atoms with van der Waals surface area (Å²) in [5.74, 6) is 0. The van der Waals surface area contributed by atoms with Crippen molar-refractivity contribution in [3.63, 3.8) is 0 Å². The third-order valence-corrected chi connectivity index (χ3v) is 2.67. The van der Waals surface area contributed by atoms with Gasteiger partial charge in [0.05, 0.1) is 0 Å². The van der Waals surface area contributed by atoms with E-state index in [1.54, 1.807) is 7.11 Å². The topological polar surface area (TPSA) is 34.1 Å². The van der Waals surface area contributed by atoms with Crippen LogP contribution in [0.25, 0.3) is 0 Å². The Balaban J connectivity index is 2.17. The summed E-state index contributed by atoms with van der Waals surface area (Å²) in [4.78, 5) is 4.04. The number of ether oxygens (including phenoxy) is 1. The molecule has 0 saturated carbocycles. The Morgan fingerprint density at radius 3 is 2.94 bits per heavy atom. The number of hydrogen-bond donors (Lipinski definition) is 1. The number of nitrogens with zero attached hydrogens (tertiary/aromatic N) is 1. The molecule has 0 saturated heterocycles. The number of nitrogens with one attached hydrogen (secondary N) is 1. The molecule has 0 bridgehead atoms. The van der Waals surface area contributed by atoms with Gasteiger partial charge in [0.2, 0.25) is 0 Å². The van der Waals surface area contributed by atoms with Gasteiger partial charge in [0.25, 0.3) is 0 Å². The van der Waals surface area contributed by atoms with Crippen LogP contribution in [0, 0.1) is 0 Å². The van der Waals surface area contributed by atoms with Crippen LogP contribution in [0.15, 0.2) is 18.3 Å². The zero-order chi connectivity index (χ0) is 11.8. The van der Waals surface area contributed by atoms with Crippen LogP contribution in [-0.4, -0.2) is 31.3 Å². The lowest BCUT2D eigenvalue weighted by Gasteiger charge is -2.12. The second-order valence-electron chi connectivity index (χ2n) is 3.88. The Labute approximate surface area is 102 Å². The van der Waals surface area contributed by atoms with Crippen LogP contribution in [0.5, 0.6) is 0 Å². The molecule has 1 heterocycles. The molecule has 1 unspecified atom stereocenters. The van der Waals surface area contributed by atoms with E-state index in [1.807, 2.05) is 18.3 Å². The zero-order valence-corrected chi connectivity index (χ0v) is 10.6. The number of rotatable bonds is 7. The van der Waals surface area contributed by atoms with Crippen LogP contribution in [-0.2, 0) is 11.2 Å². The molecular weight excluding hydrogens is 224 g/mol. The zero-order valence-electron chi connectivity index (χ0n) is 9.87. The Morgan fingerprint density at radius 2 is 2.31 bits per heavy atom. The molecule has 16 heavy (non-hydrogen) atoms. The monoisotopic (exact) mass is 242 g/mol. The maximum atomic E-state index is 5.71. The highest BCUT2D eigenvalue weighted by Gasteiger charge is 2.00. The molecule has 1 atom stereocenters. The second kappa shape index (κ2) is 7.60. The molecule has 0 aliphatic carbocycles. The number of halogens is 1. The minimum atomic E-state index is 0.486. The number of hydrogen-bond acceptors (Lipinski definition) is 3. The lowest BCUT2D eigenvalue weighted by atomic mass is 10.2. The van der Waals surface area contributed by atoms with E-state index in [2.05, 4.69) is 17.2 Å². The molecule has 90 valence electrons. The van der Waals surface area contributed by atoms with Crippen molar-refractivity contribution in [2.75, 3.05) is 20.3 Å². The van der Waals surface area contributed by atoms with Crippen molar-refractivity contribution in [3.05, 3.63) is 29.0 Å². The van der Waals surface area contributed by atoms with E-state index in [0.29, 0.717) is 11.2 Å². The first kappa shape index (κ1) is 13.4. The van der Waals surface area contributed by atoms with Crippen molar-refractivity contribution in [2.24, 2.45) is 0 Å². The molecular formula is C12H19ClN2O. The second-order valence-corrected chi connectivity index (χ2v) is 4.26. The van der Waals surface area contributed by atoms with Gasteiger partial charge in [-0.2, -0.15) is 0 Å². The van der Waals surface area contributed by atoms with Gasteiger partial charge in [0, 0.05) is 26.0 Å². The predicted octanol–water partition coefficient (Wildman–Crippen LogP) is 2.29. The average molecular weight is 243 g/mol. The van der Waals surface area contributed by atoms with Crippen LogP contribution in [0.2, 0.25) is 5.15 Å². The Morgan fingerprint density at radius 1 is 1.50 bits per heavy atom. The van der Waals surface area contributed by atoms with Crippen molar-refractivity contribution < 1.29 is 4.74 Å². The van der Waals surface area contributed by atoms with E-state index in [0.717, 1.165) is 26.0 Å². The summed E-state index contributed by atoms with van der Waals surface area (Å²) in [6.07, 6.45) is 3.83. The third-order valence-electron chi connectivity index (χ3n) is 2.45. The van der Waals surface area contributed by atoms with Crippen molar-refractivity contribution >= 4 is 11.6 Å². The molecule has 1 aromatic heterocycles. The van der Waals surface area contributed by atoms with Gasteiger partial charge in [-0.05, 0) is 37.9 Å². The normalized spacial score (nSPS) is 12.7. The fraction of sp³-hybridized carbons (Fsp3) is 0.583. The lowest BCUT2D eigenvalue weighted by molar-refractivity contribution is 0.185. The lowest BCUT2D eigenvalue weighted by Crippen LogP contribution is -2.29. The molecule has 0 radical (unpaired) electrons. The maximum Gasteiger partial charge on any atom is 0.129 e. The summed E-state index contributed by atoms with van der Waals surface area (Å²) in [7, 11) is 1.73. The van der Waals surface area contributed by atoms with Crippen LogP contribution >= 0.6 is 11.6 Å². The minimum Gasteiger partial charge on any atom is -0.385 e. The van der Waals surface area contributed by atoms with Gasteiger partial charge in [0.1, 0.15) is 5.15 Å². The summed E-state index contributed by atoms with van der Waals surface area (Å²) in [6, 6.07) is 4.32. The summed E-state index contributed by atoms with van der Waals surface area (Å²) < 4.78 is 5.03. The largest absolute Gasteiger partial charge is 0.385 e. The molecule has 0 amide bonds. The first-order valence-electron chi connectivity index (χ1n) is 5.55. The standard InChI is InChI=1S/C12H19ClN2O/c1-10(6-8-16-2)14-7-5-11-3-4-12(13)15-9-11/h3-4,9-10,14H,5-8H2,1-2H3. The molecule has 1 N–H and O–H groups in total. The highest BCUT2D eigenvalue weighted by molar-refractivity contribution is 6.29. The first-order chi connectivity index (χ1) is 7.72. The van der Waals surface area contributed by atoms with Gasteiger partial charge in [-0.3, -0.25) is 0 Å². The molecule has 1 aromatic rings. The Hall–Kier alpha value is -0.640. The van der Waals surface area contributed by atoms with E-state index in [9.17, 15) is 0 Å². The Bertz CT molecular complexity index is 290. The first-order valence-corrected chi connectivity index (χ1v) is 5.93. The van der Waals surface area contributed by atoms with Crippen LogP contribution in [0.3, 0.4) is 0 Å². The summed E-state index contributed by atoms with van der Waals surface area (Å²) >= 11 is 5.71. The van der Waals surface area contributed by atoms with Gasteiger partial charge in [-0.1, -0.05) is 17.7 Å². The highest BCUT2D eigenvalue weighted by atomic mass is 35.5. The van der Waals surface area contributed by atoms with E-state index in [1.165, 1.54) is 5.56 Å². The Kier molecular flexibility index (Phi) is 6.38. The van der Waals surface area contributed by atoms with Crippen molar-refractivity contribution in [1.29, 1.82) is 0 Å². The summed E-state index contributed by atoms with van der Waals surface area (Å²) in [5, 5.41) is 3.99. The van der Waals surface area contributed by atoms with E-state index >= 15 is 0 Å². The van der Waals surface area contributed by atoms with Gasteiger partial charge >= 0.3 is 0 Å². The number of pyridine rings is 1. The van der Waals surface area contributed by atoms with Crippen LogP contribution in [0.1, 0.15) is 18.9 Å². The summed E-state index contributed by atoms with van der Waals surface area (Å²) in [6.45, 7) is 3.92. The van der Waals surface area contributed by atoms with Gasteiger partial charge < -0.3 is 10.1 Å². The van der Waals surface area contributed by atoms with Crippen LogP contribution in [0.4, 0.5) is 0 Å². The molecule has 0 fully saturated rings. The molecule has 4 heteroatoms. The molecule has 0 aromatic carbocycles. The smallest absolute Gasteiger partial charge is 0.129 e. The molecule has 3 nitrogen and oxygen atoms in total. The SMILES string of the molecule is COCCC(C)NCCc1ccc(Cl)nc1. The molecule has 0 aliphatic heterocycles. The third kappa shape index (κ3) is 5.45. The average Bonchev–Trinajstić information content (AvgIpc) is 2.29. The van der Waals surface area contributed by atoms with E-state index in [4.69, 9.17) is 16.3 Å². The number of methoxy groups -OCH3 is 1. The summed E-state index contributed by atoms with van der Waals surface area (Å²) in [5.41, 5.74) is 1.20. The number of aromatic nitrogens is 1. The molecule has 0 aliphatic rings. The predicted molar refractivity (Wildman–Crippen MR) is 66.9 cm³/mol. The molecule has 0 spiro atoms. The van der Waals surface area contributed by atoms with Crippen LogP contribution < -0.4 is 5.32 Å². The van der Waals surface area contributed by atoms with Crippen molar-refractivity contribution in [3.8, 4) is 0 Å². The molecule has 1 rings (SSSR count). The van der Waals surface area contributed by atoms with Gasteiger partial charge in [-0.15, -0.1) is 0 Å². The fourth-order valence-corrected chi connectivity index (χ4v) is 1.53.